The average Bonchev–Trinajstić information content (AvgIpc) is 3.26. The van der Waals surface area contributed by atoms with Crippen molar-refractivity contribution in [3.05, 3.63) is 92.3 Å². The minimum absolute atomic E-state index is 0.250. The van der Waals surface area contributed by atoms with E-state index in [0.29, 0.717) is 12.3 Å². The lowest BCUT2D eigenvalue weighted by Crippen LogP contribution is -2.07. The molecule has 2 aromatic carbocycles. The maximum absolute atomic E-state index is 8.76. The molecule has 0 saturated carbocycles. The topological polar surface area (TPSA) is 106 Å². The van der Waals surface area contributed by atoms with E-state index in [4.69, 9.17) is 26.5 Å². The maximum Gasteiger partial charge on any atom is 0.204 e. The Bertz CT molecular complexity index is 1290. The number of aromatic nitrogens is 3. The van der Waals surface area contributed by atoms with E-state index >= 15 is 0 Å². The summed E-state index contributed by atoms with van der Waals surface area (Å²) < 4.78 is 2.13. The molecule has 3 heterocycles. The molecule has 0 spiro atoms. The number of nitrogens with two attached hydrogens (primary N) is 1. The smallest absolute Gasteiger partial charge is 0.204 e. The van der Waals surface area contributed by atoms with Crippen molar-refractivity contribution in [2.24, 2.45) is 10.7 Å². The Morgan fingerprint density at radius 1 is 1.03 bits per heavy atom. The number of fused-ring (bicyclic) bond motifs is 3. The summed E-state index contributed by atoms with van der Waals surface area (Å²) in [6.07, 6.45) is 0.250. The molecule has 176 valence electrons. The number of phenols is 1. The molecule has 0 unspecified atom stereocenters. The summed E-state index contributed by atoms with van der Waals surface area (Å²) in [7, 11) is 0. The molecule has 9 heteroatoms. The van der Waals surface area contributed by atoms with Gasteiger partial charge in [0.1, 0.15) is 23.1 Å². The van der Waals surface area contributed by atoms with Crippen LogP contribution in [0.25, 0.3) is 5.00 Å². The molecule has 1 amide bonds. The van der Waals surface area contributed by atoms with E-state index in [1.165, 1.54) is 21.6 Å². The van der Waals surface area contributed by atoms with Gasteiger partial charge in [-0.25, -0.2) is 0 Å². The number of halogens is 1. The number of aryl methyl sites for hydroxylation is 3. The van der Waals surface area contributed by atoms with Crippen molar-refractivity contribution in [2.45, 2.75) is 34.2 Å². The number of phenolic OH excluding ortho intramolecular Hbond substituents is 1. The lowest BCUT2D eigenvalue weighted by atomic mass is 10.00. The largest absolute Gasteiger partial charge is 0.508 e. The van der Waals surface area contributed by atoms with Crippen LogP contribution in [0.3, 0.4) is 0 Å². The van der Waals surface area contributed by atoms with Crippen molar-refractivity contribution in [3.8, 4) is 10.8 Å². The quantitative estimate of drug-likeness (QED) is 0.360. The molecule has 4 aromatic rings. The number of primary amides is 1. The third-order valence-corrected chi connectivity index (χ3v) is 6.67. The molecule has 34 heavy (non-hydrogen) atoms. The van der Waals surface area contributed by atoms with Crippen molar-refractivity contribution >= 4 is 35.1 Å². The van der Waals surface area contributed by atoms with Crippen LogP contribution in [0.2, 0.25) is 5.02 Å². The van der Waals surface area contributed by atoms with Gasteiger partial charge in [0.15, 0.2) is 5.82 Å². The first-order valence-corrected chi connectivity index (χ1v) is 11.7. The molecule has 0 atom stereocenters. The average molecular weight is 496 g/mol. The molecule has 0 radical (unpaired) electrons. The summed E-state index contributed by atoms with van der Waals surface area (Å²) in [5.74, 6) is 2.11. The lowest BCUT2D eigenvalue weighted by Gasteiger charge is -2.09. The van der Waals surface area contributed by atoms with Gasteiger partial charge in [0, 0.05) is 21.0 Å². The van der Waals surface area contributed by atoms with Crippen LogP contribution >= 0.6 is 22.9 Å². The SMILES string of the molecule is Cc1ccc(O)cc1.Cc1sc2c(c1C)C(c1ccc(Cl)cc1)=NCc1nnc(C)n1-2.NC=O. The summed E-state index contributed by atoms with van der Waals surface area (Å²) in [6, 6.07) is 15.0. The van der Waals surface area contributed by atoms with Crippen molar-refractivity contribution in [2.75, 3.05) is 0 Å². The van der Waals surface area contributed by atoms with Crippen LogP contribution in [0.1, 0.15) is 38.8 Å². The van der Waals surface area contributed by atoms with Crippen molar-refractivity contribution < 1.29 is 9.90 Å². The van der Waals surface area contributed by atoms with E-state index in [2.05, 4.69) is 34.3 Å². The molecule has 0 fully saturated rings. The number of rotatable bonds is 1. The predicted octanol–water partition coefficient (Wildman–Crippen LogP) is 5.06. The van der Waals surface area contributed by atoms with Crippen LogP contribution in [0.4, 0.5) is 0 Å². The number of thiophene rings is 1. The minimum atomic E-state index is 0.250. The molecule has 0 aliphatic carbocycles. The highest BCUT2D eigenvalue weighted by molar-refractivity contribution is 7.15. The Hall–Kier alpha value is -3.49. The highest BCUT2D eigenvalue weighted by Crippen LogP contribution is 2.36. The first-order valence-electron chi connectivity index (χ1n) is 10.5. The highest BCUT2D eigenvalue weighted by Gasteiger charge is 2.26. The van der Waals surface area contributed by atoms with Gasteiger partial charge in [-0.3, -0.25) is 14.4 Å². The monoisotopic (exact) mass is 495 g/mol. The second-order valence-electron chi connectivity index (χ2n) is 7.61. The van der Waals surface area contributed by atoms with Gasteiger partial charge >= 0.3 is 0 Å². The predicted molar refractivity (Wildman–Crippen MR) is 137 cm³/mol. The van der Waals surface area contributed by atoms with Crippen LogP contribution in [0.15, 0.2) is 53.5 Å². The maximum atomic E-state index is 8.76. The Morgan fingerprint density at radius 3 is 2.24 bits per heavy atom. The first-order chi connectivity index (χ1) is 16.3. The fraction of sp³-hybridized carbons (Fsp3) is 0.200. The second-order valence-corrected chi connectivity index (χ2v) is 9.25. The lowest BCUT2D eigenvalue weighted by molar-refractivity contribution is -0.106. The van der Waals surface area contributed by atoms with E-state index in [0.717, 1.165) is 32.9 Å². The van der Waals surface area contributed by atoms with E-state index in [-0.39, 0.29) is 6.41 Å². The first kappa shape index (κ1) is 25.1. The number of aromatic hydroxyl groups is 1. The minimum Gasteiger partial charge on any atom is -0.508 e. The van der Waals surface area contributed by atoms with E-state index < -0.39 is 0 Å². The zero-order valence-electron chi connectivity index (χ0n) is 19.4. The van der Waals surface area contributed by atoms with Gasteiger partial charge in [-0.2, -0.15) is 0 Å². The second kappa shape index (κ2) is 11.1. The molecule has 7 nitrogen and oxygen atoms in total. The fourth-order valence-electron chi connectivity index (χ4n) is 3.44. The third-order valence-electron chi connectivity index (χ3n) is 5.23. The Kier molecular flexibility index (Phi) is 8.20. The Balaban J connectivity index is 0.000000246. The number of nitrogens with zero attached hydrogens (tertiary/aromatic N) is 4. The van der Waals surface area contributed by atoms with E-state index in [1.54, 1.807) is 23.5 Å². The molecule has 0 bridgehead atoms. The summed E-state index contributed by atoms with van der Waals surface area (Å²) in [4.78, 5) is 14.7. The molecular weight excluding hydrogens is 470 g/mol. The highest BCUT2D eigenvalue weighted by atomic mass is 35.5. The number of carbonyl (C=O) groups is 1. The molecule has 5 rings (SSSR count). The number of aliphatic imine (C=N–C) groups is 1. The molecule has 1 aliphatic rings. The summed E-state index contributed by atoms with van der Waals surface area (Å²) in [5.41, 5.74) is 9.86. The molecule has 2 aromatic heterocycles. The van der Waals surface area contributed by atoms with E-state index in [1.807, 2.05) is 50.2 Å². The zero-order chi connectivity index (χ0) is 24.8. The van der Waals surface area contributed by atoms with E-state index in [9.17, 15) is 0 Å². The zero-order valence-corrected chi connectivity index (χ0v) is 21.0. The number of amides is 1. The number of hydrogen-bond donors (Lipinski definition) is 2. The molecule has 1 aliphatic heterocycles. The summed E-state index contributed by atoms with van der Waals surface area (Å²) in [6.45, 7) is 8.80. The Morgan fingerprint density at radius 2 is 1.65 bits per heavy atom. The Labute approximate surface area is 207 Å². The molecular formula is C25H26ClN5O2S. The van der Waals surface area contributed by atoms with Crippen LogP contribution in [-0.2, 0) is 11.3 Å². The third kappa shape index (κ3) is 5.52. The molecule has 0 saturated heterocycles. The number of benzene rings is 2. The van der Waals surface area contributed by atoms with Crippen LogP contribution in [0.5, 0.6) is 5.75 Å². The van der Waals surface area contributed by atoms with Gasteiger partial charge < -0.3 is 10.8 Å². The van der Waals surface area contributed by atoms with Crippen LogP contribution < -0.4 is 5.73 Å². The van der Waals surface area contributed by atoms with Crippen molar-refractivity contribution in [1.29, 1.82) is 0 Å². The van der Waals surface area contributed by atoms with Crippen LogP contribution in [0, 0.1) is 27.7 Å². The summed E-state index contributed by atoms with van der Waals surface area (Å²) in [5, 5.41) is 19.2. The number of hydrogen-bond acceptors (Lipinski definition) is 6. The summed E-state index contributed by atoms with van der Waals surface area (Å²) >= 11 is 7.80. The van der Waals surface area contributed by atoms with Crippen molar-refractivity contribution in [3.63, 3.8) is 0 Å². The van der Waals surface area contributed by atoms with Gasteiger partial charge in [0.25, 0.3) is 0 Å². The van der Waals surface area contributed by atoms with Crippen molar-refractivity contribution in [1.82, 2.24) is 14.8 Å². The standard InChI is InChI=1S/C17H15ClN4S.C7H8O.CH3NO/c1-9-10(2)23-17-15(9)16(12-4-6-13(18)7-5-12)19-8-14-21-20-11(3)22(14)17;1-6-2-4-7(8)5-3-6;2-1-3/h4-7H,8H2,1-3H3;2-5,8H,1H3;1H,(H2,2,3). The fourth-order valence-corrected chi connectivity index (χ4v) is 4.79. The van der Waals surface area contributed by atoms with Crippen LogP contribution in [-0.4, -0.2) is 32.0 Å². The molecule has 3 N–H and O–H groups in total. The van der Waals surface area contributed by atoms with Gasteiger partial charge in [-0.15, -0.1) is 21.5 Å². The van der Waals surface area contributed by atoms with Gasteiger partial charge in [-0.05, 0) is 57.5 Å². The van der Waals surface area contributed by atoms with Gasteiger partial charge in [0.2, 0.25) is 6.41 Å². The number of carbonyl (C=O) groups excluding carboxylic acids is 1. The normalized spacial score (nSPS) is 11.5. The van der Waals surface area contributed by atoms with Gasteiger partial charge in [0.05, 0.1) is 5.71 Å². The van der Waals surface area contributed by atoms with Gasteiger partial charge in [-0.1, -0.05) is 41.4 Å².